The molecule has 10 rings (SSSR count). The van der Waals surface area contributed by atoms with Crippen LogP contribution in [0.5, 0.6) is 5.75 Å². The maximum Gasteiger partial charge on any atom is 0.253 e. The van der Waals surface area contributed by atoms with E-state index in [9.17, 15) is 27.9 Å². The summed E-state index contributed by atoms with van der Waals surface area (Å²) in [5.74, 6) is 1.25. The SMILES string of the molecule is Cc1c(C(=O)NCC(C)(CC2CCC(Cn3c(-c4cc(C(C)C)c5c(c4)C(C)(C)N(C(C)C)S5(=O)=O)cc(C(=O)NC4COC4)c3C)CC2)NC(=O)CO)cc(-c2cc(C(C)(C)C)c3c(c2)C2(CCO3)CC2)n1CC1CCCCC1. The van der Waals surface area contributed by atoms with E-state index in [1.54, 1.807) is 4.31 Å². The van der Waals surface area contributed by atoms with Crippen molar-refractivity contribution in [3.63, 3.8) is 0 Å². The lowest BCUT2D eigenvalue weighted by atomic mass is 9.76. The molecule has 15 heteroatoms. The number of ether oxygens (including phenoxy) is 2. The number of nitrogens with one attached hydrogen (secondary N) is 3. The van der Waals surface area contributed by atoms with Crippen LogP contribution in [0.1, 0.15) is 213 Å². The van der Waals surface area contributed by atoms with Crippen molar-refractivity contribution in [1.82, 2.24) is 29.4 Å². The quantitative estimate of drug-likeness (QED) is 0.0809. The Kier molecular flexibility index (Phi) is 16.0. The number of hydrogen-bond donors (Lipinski definition) is 4. The Morgan fingerprint density at radius 3 is 1.88 bits per heavy atom. The molecule has 6 aliphatic rings. The monoisotopic (exact) mass is 1120 g/mol. The maximum absolute atomic E-state index is 14.7. The number of sulfonamides is 1. The van der Waals surface area contributed by atoms with E-state index in [1.165, 1.54) is 56.1 Å². The molecule has 2 aromatic heterocycles. The summed E-state index contributed by atoms with van der Waals surface area (Å²) < 4.78 is 46.9. The lowest BCUT2D eigenvalue weighted by molar-refractivity contribution is -0.125. The van der Waals surface area contributed by atoms with E-state index in [0.717, 1.165) is 96.0 Å². The van der Waals surface area contributed by atoms with E-state index in [-0.39, 0.29) is 59.0 Å². The number of carbonyl (C=O) groups excluding carboxylic acids is 3. The van der Waals surface area contributed by atoms with Crippen molar-refractivity contribution in [3.05, 3.63) is 81.2 Å². The van der Waals surface area contributed by atoms with Gasteiger partial charge < -0.3 is 39.7 Å². The van der Waals surface area contributed by atoms with Crippen LogP contribution in [0.2, 0.25) is 0 Å². The Morgan fingerprint density at radius 2 is 1.32 bits per heavy atom. The number of amides is 3. The number of aromatic nitrogens is 2. The molecule has 1 atom stereocenters. The zero-order valence-corrected chi connectivity index (χ0v) is 50.9. The van der Waals surface area contributed by atoms with E-state index >= 15 is 0 Å². The summed E-state index contributed by atoms with van der Waals surface area (Å²) in [5.41, 5.74) is 9.53. The molecular weight excluding hydrogens is 1020 g/mol. The van der Waals surface area contributed by atoms with Crippen LogP contribution in [-0.4, -0.2) is 95.3 Å². The summed E-state index contributed by atoms with van der Waals surface area (Å²) in [6.07, 6.45) is 13.7. The number of fused-ring (bicyclic) bond motifs is 3. The molecule has 3 aliphatic heterocycles. The summed E-state index contributed by atoms with van der Waals surface area (Å²) in [5, 5.41) is 19.6. The molecule has 3 amide bonds. The standard InChI is InChI=1S/C65H92N6O8S/c1-39(2)49-26-46(29-54-59(49)80(76,77)71(40(3)4)63(54,10)11)55-31-51(61(75)67-48-36-78-37-48)42(6)70(55)34-45-20-18-43(19-21-45)32-64(12,68-57(73)35-72)38-66-60(74)50-30-56(69(41(50)5)33-44-16-14-13-15-17-44)47-27-52(62(7,8)9)58-53(28-47)65(22-23-65)24-25-79-58/h26-31,39-40,43-45,48,72H,13-25,32-38H2,1-12H3,(H,66,74)(H,67,75)(H,68,73). The van der Waals surface area contributed by atoms with Gasteiger partial charge in [0.1, 0.15) is 12.4 Å². The van der Waals surface area contributed by atoms with E-state index < -0.39 is 33.6 Å². The van der Waals surface area contributed by atoms with Crippen molar-refractivity contribution in [2.45, 2.75) is 224 Å². The summed E-state index contributed by atoms with van der Waals surface area (Å²) in [6.45, 7) is 27.6. The molecule has 4 N–H and O–H groups in total. The van der Waals surface area contributed by atoms with Crippen molar-refractivity contribution in [3.8, 4) is 28.3 Å². The number of aliphatic hydroxyl groups is 1. The van der Waals surface area contributed by atoms with E-state index in [4.69, 9.17) is 9.47 Å². The van der Waals surface area contributed by atoms with Crippen molar-refractivity contribution >= 4 is 27.7 Å². The van der Waals surface area contributed by atoms with Gasteiger partial charge in [-0.25, -0.2) is 8.42 Å². The van der Waals surface area contributed by atoms with Crippen LogP contribution in [-0.2, 0) is 49.0 Å². The van der Waals surface area contributed by atoms with Crippen LogP contribution >= 0.6 is 0 Å². The van der Waals surface area contributed by atoms with Gasteiger partial charge in [0.25, 0.3) is 11.8 Å². The first kappa shape index (κ1) is 58.2. The molecule has 80 heavy (non-hydrogen) atoms. The van der Waals surface area contributed by atoms with Gasteiger partial charge in [-0.15, -0.1) is 0 Å². The molecular formula is C65H92N6O8S. The average molecular weight is 1120 g/mol. The Labute approximate surface area is 477 Å². The summed E-state index contributed by atoms with van der Waals surface area (Å²) in [7, 11) is -3.77. The molecule has 3 aliphatic carbocycles. The molecule has 4 fully saturated rings. The topological polar surface area (TPSA) is 173 Å². The number of aliphatic hydroxyl groups excluding tert-OH is 1. The third-order valence-electron chi connectivity index (χ3n) is 19.4. The second-order valence-corrected chi connectivity index (χ2v) is 29.4. The predicted octanol–water partition coefficient (Wildman–Crippen LogP) is 11.3. The minimum absolute atomic E-state index is 0.0428. The van der Waals surface area contributed by atoms with Gasteiger partial charge in [0.05, 0.1) is 53.0 Å². The van der Waals surface area contributed by atoms with Gasteiger partial charge in [-0.1, -0.05) is 66.7 Å². The van der Waals surface area contributed by atoms with Crippen molar-refractivity contribution in [2.75, 3.05) is 33.0 Å². The zero-order valence-electron chi connectivity index (χ0n) is 50.1. The van der Waals surface area contributed by atoms with Crippen LogP contribution in [0.15, 0.2) is 41.3 Å². The number of carbonyl (C=O) groups is 3. The molecule has 1 unspecified atom stereocenters. The van der Waals surface area contributed by atoms with E-state index in [2.05, 4.69) is 77.0 Å². The van der Waals surface area contributed by atoms with Gasteiger partial charge in [0.15, 0.2) is 0 Å². The molecule has 0 bridgehead atoms. The Hall–Kier alpha value is -4.96. The zero-order chi connectivity index (χ0) is 57.4. The van der Waals surface area contributed by atoms with Gasteiger partial charge in [0, 0.05) is 65.0 Å². The first-order chi connectivity index (χ1) is 37.7. The molecule has 1 saturated heterocycles. The Balaban J connectivity index is 0.891. The number of rotatable bonds is 17. The van der Waals surface area contributed by atoms with E-state index in [1.807, 2.05) is 67.5 Å². The Bertz CT molecular complexity index is 3120. The van der Waals surface area contributed by atoms with Crippen LogP contribution in [0.3, 0.4) is 0 Å². The molecule has 0 radical (unpaired) electrons. The highest BCUT2D eigenvalue weighted by Gasteiger charge is 2.52. The molecule has 5 heterocycles. The average Bonchev–Trinajstić information content (AvgIpc) is 4.07. The lowest BCUT2D eigenvalue weighted by Gasteiger charge is -2.37. The molecule has 3 saturated carbocycles. The van der Waals surface area contributed by atoms with Crippen LogP contribution in [0.25, 0.3) is 22.5 Å². The van der Waals surface area contributed by atoms with Gasteiger partial charge in [-0.2, -0.15) is 4.31 Å². The van der Waals surface area contributed by atoms with Crippen LogP contribution in [0.4, 0.5) is 0 Å². The van der Waals surface area contributed by atoms with Crippen LogP contribution < -0.4 is 20.7 Å². The van der Waals surface area contributed by atoms with Gasteiger partial charge in [0.2, 0.25) is 15.9 Å². The summed E-state index contributed by atoms with van der Waals surface area (Å²) >= 11 is 0. The minimum Gasteiger partial charge on any atom is -0.493 e. The summed E-state index contributed by atoms with van der Waals surface area (Å²) in [4.78, 5) is 42.3. The predicted molar refractivity (Wildman–Crippen MR) is 315 cm³/mol. The highest BCUT2D eigenvalue weighted by Crippen LogP contribution is 2.59. The van der Waals surface area contributed by atoms with Crippen molar-refractivity contribution in [1.29, 1.82) is 0 Å². The smallest absolute Gasteiger partial charge is 0.253 e. The second-order valence-electron chi connectivity index (χ2n) is 27.6. The van der Waals surface area contributed by atoms with E-state index in [0.29, 0.717) is 48.1 Å². The molecule has 436 valence electrons. The van der Waals surface area contributed by atoms with Gasteiger partial charge in [-0.05, 0) is 188 Å². The molecule has 1 spiro atoms. The fourth-order valence-electron chi connectivity index (χ4n) is 14.8. The van der Waals surface area contributed by atoms with Gasteiger partial charge >= 0.3 is 0 Å². The highest BCUT2D eigenvalue weighted by atomic mass is 32.2. The first-order valence-electron chi connectivity index (χ1n) is 30.3. The second kappa shape index (κ2) is 22.0. The molecule has 2 aromatic carbocycles. The maximum atomic E-state index is 14.7. The first-order valence-corrected chi connectivity index (χ1v) is 31.7. The minimum atomic E-state index is -3.77. The fraction of sp³-hybridized carbons (Fsp3) is 0.646. The number of nitrogens with zero attached hydrogens (tertiary/aromatic N) is 3. The molecule has 14 nitrogen and oxygen atoms in total. The summed E-state index contributed by atoms with van der Waals surface area (Å²) in [6, 6.07) is 12.6. The number of benzene rings is 2. The third kappa shape index (κ3) is 11.1. The van der Waals surface area contributed by atoms with Gasteiger partial charge in [-0.3, -0.25) is 14.4 Å². The number of hydrogen-bond acceptors (Lipinski definition) is 8. The third-order valence-corrected chi connectivity index (χ3v) is 21.8. The molecule has 4 aromatic rings. The fourth-order valence-corrected chi connectivity index (χ4v) is 17.4. The Morgan fingerprint density at radius 1 is 0.750 bits per heavy atom. The van der Waals surface area contributed by atoms with Crippen molar-refractivity contribution in [2.24, 2.45) is 17.8 Å². The lowest BCUT2D eigenvalue weighted by Crippen LogP contribution is -2.55. The van der Waals surface area contributed by atoms with Crippen molar-refractivity contribution < 1.29 is 37.4 Å². The normalized spacial score (nSPS) is 22.3. The highest BCUT2D eigenvalue weighted by molar-refractivity contribution is 7.89. The largest absolute Gasteiger partial charge is 0.493 e. The van der Waals surface area contributed by atoms with Crippen LogP contribution in [0, 0.1) is 31.6 Å².